The summed E-state index contributed by atoms with van der Waals surface area (Å²) >= 11 is 0. The van der Waals surface area contributed by atoms with Crippen molar-refractivity contribution in [2.45, 2.75) is 45.2 Å². The number of nitrogens with two attached hydrogens (primary N) is 1. The summed E-state index contributed by atoms with van der Waals surface area (Å²) in [5, 5.41) is 8.15. The predicted octanol–water partition coefficient (Wildman–Crippen LogP) is 1.50. The van der Waals surface area contributed by atoms with E-state index in [0.29, 0.717) is 0 Å². The van der Waals surface area contributed by atoms with Crippen molar-refractivity contribution in [3.63, 3.8) is 0 Å². The summed E-state index contributed by atoms with van der Waals surface area (Å²) in [4.78, 5) is 0. The van der Waals surface area contributed by atoms with Crippen molar-refractivity contribution in [1.29, 1.82) is 0 Å². The first-order valence-corrected chi connectivity index (χ1v) is 5.92. The summed E-state index contributed by atoms with van der Waals surface area (Å²) in [7, 11) is 1.72. The fourth-order valence-electron chi connectivity index (χ4n) is 1.57. The van der Waals surface area contributed by atoms with Crippen LogP contribution in [0.2, 0.25) is 0 Å². The maximum atomic E-state index is 5.96. The van der Waals surface area contributed by atoms with Crippen molar-refractivity contribution < 1.29 is 4.74 Å². The van der Waals surface area contributed by atoms with Crippen LogP contribution in [-0.4, -0.2) is 28.7 Å². The number of nitrogens with zero attached hydrogens (tertiary/aromatic N) is 3. The number of unbranched alkanes of at least 4 members (excludes halogenated alkanes) is 1. The second-order valence-corrected chi connectivity index (χ2v) is 4.00. The normalized spacial score (nSPS) is 12.9. The standard InChI is InChI=1S/C11H22N4O/c1-3-6-10(12)11-9-15(14-13-11)7-4-5-8-16-2/h9-10H,3-8,12H2,1-2H3. The Balaban J connectivity index is 2.33. The molecule has 1 aromatic rings. The van der Waals surface area contributed by atoms with Crippen LogP contribution in [0.3, 0.4) is 0 Å². The van der Waals surface area contributed by atoms with Crippen LogP contribution in [-0.2, 0) is 11.3 Å². The van der Waals surface area contributed by atoms with Gasteiger partial charge in [-0.25, -0.2) is 0 Å². The topological polar surface area (TPSA) is 66.0 Å². The molecule has 2 N–H and O–H groups in total. The van der Waals surface area contributed by atoms with Crippen LogP contribution in [0.1, 0.15) is 44.3 Å². The van der Waals surface area contributed by atoms with Crippen LogP contribution in [0.4, 0.5) is 0 Å². The van der Waals surface area contributed by atoms with Gasteiger partial charge in [-0.2, -0.15) is 0 Å². The number of rotatable bonds is 8. The monoisotopic (exact) mass is 226 g/mol. The molecule has 1 unspecified atom stereocenters. The van der Waals surface area contributed by atoms with Gasteiger partial charge in [0, 0.05) is 20.3 Å². The van der Waals surface area contributed by atoms with E-state index >= 15 is 0 Å². The molecular weight excluding hydrogens is 204 g/mol. The van der Waals surface area contributed by atoms with E-state index in [9.17, 15) is 0 Å². The molecule has 0 amide bonds. The molecule has 0 fully saturated rings. The minimum Gasteiger partial charge on any atom is -0.385 e. The molecule has 0 aliphatic rings. The summed E-state index contributed by atoms with van der Waals surface area (Å²) in [5.41, 5.74) is 6.86. The number of hydrogen-bond acceptors (Lipinski definition) is 4. The first-order chi connectivity index (χ1) is 7.77. The lowest BCUT2D eigenvalue weighted by Crippen LogP contribution is -2.10. The van der Waals surface area contributed by atoms with Crippen molar-refractivity contribution in [3.05, 3.63) is 11.9 Å². The zero-order chi connectivity index (χ0) is 11.8. The Labute approximate surface area is 97.0 Å². The molecule has 5 nitrogen and oxygen atoms in total. The quantitative estimate of drug-likeness (QED) is 0.682. The minimum absolute atomic E-state index is 0.0257. The number of aryl methyl sites for hydroxylation is 1. The molecule has 0 radical (unpaired) electrons. The Morgan fingerprint density at radius 1 is 1.50 bits per heavy atom. The highest BCUT2D eigenvalue weighted by atomic mass is 16.5. The van der Waals surface area contributed by atoms with E-state index in [2.05, 4.69) is 17.2 Å². The van der Waals surface area contributed by atoms with Crippen molar-refractivity contribution in [2.75, 3.05) is 13.7 Å². The van der Waals surface area contributed by atoms with Crippen LogP contribution >= 0.6 is 0 Å². The first-order valence-electron chi connectivity index (χ1n) is 5.92. The number of ether oxygens (including phenoxy) is 1. The van der Waals surface area contributed by atoms with E-state index < -0.39 is 0 Å². The van der Waals surface area contributed by atoms with Gasteiger partial charge in [0.25, 0.3) is 0 Å². The largest absolute Gasteiger partial charge is 0.385 e. The molecule has 1 aromatic heterocycles. The van der Waals surface area contributed by atoms with Crippen LogP contribution in [0, 0.1) is 0 Å². The molecule has 1 heterocycles. The van der Waals surface area contributed by atoms with Crippen molar-refractivity contribution in [2.24, 2.45) is 5.73 Å². The average molecular weight is 226 g/mol. The van der Waals surface area contributed by atoms with Gasteiger partial charge < -0.3 is 10.5 Å². The molecule has 1 atom stereocenters. The Kier molecular flexibility index (Phi) is 6.03. The second-order valence-electron chi connectivity index (χ2n) is 4.00. The van der Waals surface area contributed by atoms with Gasteiger partial charge in [-0.15, -0.1) is 5.10 Å². The molecule has 0 saturated carbocycles. The van der Waals surface area contributed by atoms with Crippen LogP contribution in [0.5, 0.6) is 0 Å². The summed E-state index contributed by atoms with van der Waals surface area (Å²) in [6, 6.07) is 0.0257. The maximum Gasteiger partial charge on any atom is 0.0994 e. The van der Waals surface area contributed by atoms with Crippen molar-refractivity contribution in [3.8, 4) is 0 Å². The Hall–Kier alpha value is -0.940. The average Bonchev–Trinajstić information content (AvgIpc) is 2.73. The highest BCUT2D eigenvalue weighted by Crippen LogP contribution is 2.12. The molecule has 0 aromatic carbocycles. The zero-order valence-corrected chi connectivity index (χ0v) is 10.2. The summed E-state index contributed by atoms with van der Waals surface area (Å²) in [5.74, 6) is 0. The predicted molar refractivity (Wildman–Crippen MR) is 63.0 cm³/mol. The van der Waals surface area contributed by atoms with E-state index in [1.165, 1.54) is 0 Å². The van der Waals surface area contributed by atoms with Crippen LogP contribution in [0.25, 0.3) is 0 Å². The van der Waals surface area contributed by atoms with Gasteiger partial charge in [0.05, 0.1) is 17.9 Å². The van der Waals surface area contributed by atoms with Gasteiger partial charge in [-0.05, 0) is 19.3 Å². The second kappa shape index (κ2) is 7.35. The van der Waals surface area contributed by atoms with Gasteiger partial charge in [0.15, 0.2) is 0 Å². The third kappa shape index (κ3) is 4.28. The highest BCUT2D eigenvalue weighted by Gasteiger charge is 2.08. The molecule has 0 spiro atoms. The summed E-state index contributed by atoms with van der Waals surface area (Å²) in [6.45, 7) is 3.81. The Morgan fingerprint density at radius 3 is 3.00 bits per heavy atom. The molecule has 16 heavy (non-hydrogen) atoms. The first kappa shape index (κ1) is 13.1. The Morgan fingerprint density at radius 2 is 2.31 bits per heavy atom. The van der Waals surface area contributed by atoms with E-state index in [1.807, 2.05) is 10.9 Å². The lowest BCUT2D eigenvalue weighted by Gasteiger charge is -2.04. The summed E-state index contributed by atoms with van der Waals surface area (Å²) < 4.78 is 6.85. The number of hydrogen-bond donors (Lipinski definition) is 1. The van der Waals surface area contributed by atoms with Crippen molar-refractivity contribution >= 4 is 0 Å². The molecule has 0 bridgehead atoms. The van der Waals surface area contributed by atoms with E-state index in [-0.39, 0.29) is 6.04 Å². The fraction of sp³-hybridized carbons (Fsp3) is 0.818. The van der Waals surface area contributed by atoms with E-state index in [0.717, 1.165) is 44.5 Å². The summed E-state index contributed by atoms with van der Waals surface area (Å²) in [6.07, 6.45) is 6.09. The Bertz CT molecular complexity index is 287. The number of aromatic nitrogens is 3. The molecule has 5 heteroatoms. The number of methoxy groups -OCH3 is 1. The molecular formula is C11H22N4O. The van der Waals surface area contributed by atoms with Gasteiger partial charge in [-0.3, -0.25) is 4.68 Å². The molecule has 0 aliphatic heterocycles. The third-order valence-corrected chi connectivity index (χ3v) is 2.52. The van der Waals surface area contributed by atoms with E-state index in [4.69, 9.17) is 10.5 Å². The molecule has 92 valence electrons. The van der Waals surface area contributed by atoms with Gasteiger partial charge in [0.2, 0.25) is 0 Å². The maximum absolute atomic E-state index is 5.96. The van der Waals surface area contributed by atoms with Crippen LogP contribution < -0.4 is 5.73 Å². The smallest absolute Gasteiger partial charge is 0.0994 e. The highest BCUT2D eigenvalue weighted by molar-refractivity contribution is 4.99. The lowest BCUT2D eigenvalue weighted by atomic mass is 10.1. The van der Waals surface area contributed by atoms with Gasteiger partial charge in [-0.1, -0.05) is 18.6 Å². The zero-order valence-electron chi connectivity index (χ0n) is 10.2. The van der Waals surface area contributed by atoms with Gasteiger partial charge >= 0.3 is 0 Å². The molecule has 1 rings (SSSR count). The van der Waals surface area contributed by atoms with Crippen LogP contribution in [0.15, 0.2) is 6.20 Å². The molecule has 0 aliphatic carbocycles. The third-order valence-electron chi connectivity index (χ3n) is 2.52. The van der Waals surface area contributed by atoms with E-state index in [1.54, 1.807) is 7.11 Å². The fourth-order valence-corrected chi connectivity index (χ4v) is 1.57. The lowest BCUT2D eigenvalue weighted by molar-refractivity contribution is 0.191. The SMILES string of the molecule is CCCC(N)c1cn(CCCCOC)nn1. The van der Waals surface area contributed by atoms with Crippen molar-refractivity contribution in [1.82, 2.24) is 15.0 Å². The molecule has 0 saturated heterocycles. The van der Waals surface area contributed by atoms with Gasteiger partial charge in [0.1, 0.15) is 0 Å². The minimum atomic E-state index is 0.0257.